The number of hydrogen-bond acceptors (Lipinski definition) is 4. The van der Waals surface area contributed by atoms with E-state index in [9.17, 15) is 0 Å². The number of fused-ring (bicyclic) bond motifs is 8. The summed E-state index contributed by atoms with van der Waals surface area (Å²) in [5, 5.41) is 19.4. The zero-order valence-electron chi connectivity index (χ0n) is 49.3. The van der Waals surface area contributed by atoms with Crippen LogP contribution in [-0.2, 0) is 0 Å². The topological polar surface area (TPSA) is 36.9 Å². The third kappa shape index (κ3) is 9.53. The summed E-state index contributed by atoms with van der Waals surface area (Å²) < 4.78 is 22.0. The first kappa shape index (κ1) is 53.5. The Balaban J connectivity index is 0.000000148. The van der Waals surface area contributed by atoms with E-state index in [1.54, 1.807) is 28.4 Å². The second-order valence-electron chi connectivity index (χ2n) is 22.5. The van der Waals surface area contributed by atoms with Gasteiger partial charge in [-0.05, 0) is 208 Å². The summed E-state index contributed by atoms with van der Waals surface area (Å²) in [6.07, 6.45) is 0. The molecule has 16 aromatic carbocycles. The second kappa shape index (κ2) is 22.7. The van der Waals surface area contributed by atoms with Crippen LogP contribution in [0, 0.1) is 0 Å². The number of rotatable bonds is 10. The molecular formula is C84H60O4. The summed E-state index contributed by atoms with van der Waals surface area (Å²) in [6.45, 7) is 0. The first-order chi connectivity index (χ1) is 43.4. The van der Waals surface area contributed by atoms with Crippen LogP contribution in [0.2, 0.25) is 0 Å². The van der Waals surface area contributed by atoms with Crippen LogP contribution < -0.4 is 18.9 Å². The van der Waals surface area contributed by atoms with Crippen molar-refractivity contribution in [2.24, 2.45) is 0 Å². The van der Waals surface area contributed by atoms with Gasteiger partial charge in [-0.25, -0.2) is 0 Å². The standard InChI is InChI=1S/2C42H30O2/c1-43-33-19-17-27-23-31(15-13-29(27)25-33)35-9-5-11-40-38(35)10-6-12-41(40)42-22-21-36(37-7-3-4-8-39(37)42)32-16-14-30-26-34(44-2)20-18-28(30)24-32;1-43-30-20-19-27-25-29(18-17-28(27)26-30)31-21-22-39(33-10-4-3-9-32(31)33)36-15-7-14-35-34(36)13-8-16-37(35)40-23-24-42(44-2)41-12-6-5-11-38(40)41/h2*3-26H,1-2H3. The molecule has 0 aromatic heterocycles. The molecule has 0 fully saturated rings. The van der Waals surface area contributed by atoms with Crippen LogP contribution in [0.25, 0.3) is 153 Å². The smallest absolute Gasteiger partial charge is 0.126 e. The van der Waals surface area contributed by atoms with Gasteiger partial charge in [-0.15, -0.1) is 0 Å². The minimum Gasteiger partial charge on any atom is -0.497 e. The van der Waals surface area contributed by atoms with E-state index in [-0.39, 0.29) is 0 Å². The van der Waals surface area contributed by atoms with Gasteiger partial charge in [0.2, 0.25) is 0 Å². The van der Waals surface area contributed by atoms with Crippen molar-refractivity contribution in [1.29, 1.82) is 0 Å². The minimum absolute atomic E-state index is 0.874. The lowest BCUT2D eigenvalue weighted by Gasteiger charge is -2.16. The third-order valence-electron chi connectivity index (χ3n) is 17.7. The summed E-state index contributed by atoms with van der Waals surface area (Å²) in [6, 6.07) is 105. The SMILES string of the molecule is COc1ccc2cc(-c3ccc(-c4cccc5c(-c6ccc(OC)c7ccccc67)cccc45)c4ccccc34)ccc2c1.COc1ccc2cc(-c3cccc4c(-c5ccc(-c6ccc7cc(OC)ccc7c6)c6ccccc56)cccc34)ccc2c1. The van der Waals surface area contributed by atoms with Crippen molar-refractivity contribution in [1.82, 2.24) is 0 Å². The summed E-state index contributed by atoms with van der Waals surface area (Å²) in [5.41, 5.74) is 14.7. The van der Waals surface area contributed by atoms with E-state index in [2.05, 4.69) is 273 Å². The highest BCUT2D eigenvalue weighted by Gasteiger charge is 2.18. The Hall–Kier alpha value is -11.2. The van der Waals surface area contributed by atoms with Gasteiger partial charge in [0.05, 0.1) is 28.4 Å². The summed E-state index contributed by atoms with van der Waals surface area (Å²) in [4.78, 5) is 0. The molecule has 4 nitrogen and oxygen atoms in total. The van der Waals surface area contributed by atoms with E-state index in [0.717, 1.165) is 28.4 Å². The van der Waals surface area contributed by atoms with Gasteiger partial charge in [0.1, 0.15) is 23.0 Å². The van der Waals surface area contributed by atoms with E-state index in [0.29, 0.717) is 0 Å². The largest absolute Gasteiger partial charge is 0.497 e. The van der Waals surface area contributed by atoms with Gasteiger partial charge in [-0.3, -0.25) is 0 Å². The van der Waals surface area contributed by atoms with E-state index in [1.807, 2.05) is 18.2 Å². The summed E-state index contributed by atoms with van der Waals surface area (Å²) >= 11 is 0. The minimum atomic E-state index is 0.874. The molecule has 0 spiro atoms. The molecule has 0 heterocycles. The highest BCUT2D eigenvalue weighted by molar-refractivity contribution is 6.15. The predicted octanol–water partition coefficient (Wildman–Crippen LogP) is 22.6. The van der Waals surface area contributed by atoms with Crippen molar-refractivity contribution in [2.45, 2.75) is 0 Å². The quantitative estimate of drug-likeness (QED) is 0.137. The Morgan fingerprint density at radius 1 is 0.170 bits per heavy atom. The monoisotopic (exact) mass is 1130 g/mol. The average Bonchev–Trinajstić information content (AvgIpc) is 1.29. The molecule has 0 aliphatic carbocycles. The molecule has 0 unspecified atom stereocenters. The molecule has 0 saturated heterocycles. The van der Waals surface area contributed by atoms with Crippen molar-refractivity contribution >= 4 is 86.2 Å². The van der Waals surface area contributed by atoms with Gasteiger partial charge in [0.25, 0.3) is 0 Å². The maximum Gasteiger partial charge on any atom is 0.126 e. The molecule has 16 rings (SSSR count). The maximum absolute atomic E-state index is 5.69. The number of methoxy groups -OCH3 is 4. The molecular weight excluding hydrogens is 1070 g/mol. The molecule has 4 heteroatoms. The Morgan fingerprint density at radius 3 is 0.750 bits per heavy atom. The molecule has 420 valence electrons. The zero-order valence-corrected chi connectivity index (χ0v) is 49.3. The van der Waals surface area contributed by atoms with E-state index in [4.69, 9.17) is 18.9 Å². The molecule has 0 aliphatic rings. The first-order valence-electron chi connectivity index (χ1n) is 29.8. The molecule has 0 atom stereocenters. The van der Waals surface area contributed by atoms with Crippen molar-refractivity contribution in [2.75, 3.05) is 28.4 Å². The van der Waals surface area contributed by atoms with Crippen molar-refractivity contribution in [3.05, 3.63) is 291 Å². The molecule has 16 aromatic rings. The van der Waals surface area contributed by atoms with Crippen LogP contribution >= 0.6 is 0 Å². The van der Waals surface area contributed by atoms with Crippen LogP contribution in [0.15, 0.2) is 291 Å². The summed E-state index contributed by atoms with van der Waals surface area (Å²) in [5.74, 6) is 3.51. The maximum atomic E-state index is 5.69. The van der Waals surface area contributed by atoms with Crippen LogP contribution in [0.1, 0.15) is 0 Å². The van der Waals surface area contributed by atoms with E-state index < -0.39 is 0 Å². The lowest BCUT2D eigenvalue weighted by molar-refractivity contribution is 0.415. The van der Waals surface area contributed by atoms with Gasteiger partial charge in [0.15, 0.2) is 0 Å². The van der Waals surface area contributed by atoms with Crippen molar-refractivity contribution in [3.63, 3.8) is 0 Å². The van der Waals surface area contributed by atoms with Gasteiger partial charge in [-0.2, -0.15) is 0 Å². The van der Waals surface area contributed by atoms with Gasteiger partial charge >= 0.3 is 0 Å². The summed E-state index contributed by atoms with van der Waals surface area (Å²) in [7, 11) is 6.86. The number of hydrogen-bond donors (Lipinski definition) is 0. The predicted molar refractivity (Wildman–Crippen MR) is 372 cm³/mol. The Labute approximate surface area is 511 Å². The van der Waals surface area contributed by atoms with Crippen molar-refractivity contribution < 1.29 is 18.9 Å². The fraction of sp³-hybridized carbons (Fsp3) is 0.0476. The van der Waals surface area contributed by atoms with E-state index >= 15 is 0 Å². The fourth-order valence-corrected chi connectivity index (χ4v) is 13.4. The van der Waals surface area contributed by atoms with Crippen LogP contribution in [0.3, 0.4) is 0 Å². The normalized spacial score (nSPS) is 11.4. The molecule has 0 saturated carbocycles. The fourth-order valence-electron chi connectivity index (χ4n) is 13.4. The van der Waals surface area contributed by atoms with Gasteiger partial charge in [-0.1, -0.05) is 231 Å². The van der Waals surface area contributed by atoms with Crippen LogP contribution in [-0.4, -0.2) is 28.4 Å². The molecule has 0 amide bonds. The lowest BCUT2D eigenvalue weighted by atomic mass is 9.87. The van der Waals surface area contributed by atoms with Crippen molar-refractivity contribution in [3.8, 4) is 89.8 Å². The molecule has 88 heavy (non-hydrogen) atoms. The highest BCUT2D eigenvalue weighted by Crippen LogP contribution is 2.45. The Bertz CT molecular complexity index is 5280. The second-order valence-corrected chi connectivity index (χ2v) is 22.5. The van der Waals surface area contributed by atoms with Gasteiger partial charge < -0.3 is 18.9 Å². The van der Waals surface area contributed by atoms with Crippen LogP contribution in [0.4, 0.5) is 0 Å². The Kier molecular flexibility index (Phi) is 13.8. The zero-order chi connectivity index (χ0) is 59.2. The molecule has 0 bridgehead atoms. The Morgan fingerprint density at radius 2 is 0.409 bits per heavy atom. The highest BCUT2D eigenvalue weighted by atomic mass is 16.5. The third-order valence-corrected chi connectivity index (χ3v) is 17.7. The van der Waals surface area contributed by atoms with Gasteiger partial charge in [0, 0.05) is 5.39 Å². The van der Waals surface area contributed by atoms with E-state index in [1.165, 1.54) is 148 Å². The first-order valence-corrected chi connectivity index (χ1v) is 29.8. The molecule has 0 N–H and O–H groups in total. The number of ether oxygens (including phenoxy) is 4. The molecule has 0 radical (unpaired) electrons. The average molecular weight is 1130 g/mol. The van der Waals surface area contributed by atoms with Crippen LogP contribution in [0.5, 0.6) is 23.0 Å². The number of benzene rings is 16. The lowest BCUT2D eigenvalue weighted by Crippen LogP contribution is -1.90. The molecule has 0 aliphatic heterocycles.